The summed E-state index contributed by atoms with van der Waals surface area (Å²) >= 11 is 0. The van der Waals surface area contributed by atoms with Crippen LogP contribution in [-0.4, -0.2) is 62.7 Å². The molecule has 2 unspecified atom stereocenters. The van der Waals surface area contributed by atoms with E-state index in [1.807, 2.05) is 18.5 Å². The molecule has 0 aliphatic carbocycles. The van der Waals surface area contributed by atoms with Gasteiger partial charge in [-0.2, -0.15) is 0 Å². The number of nitrogens with one attached hydrogen (secondary N) is 1. The van der Waals surface area contributed by atoms with Crippen molar-refractivity contribution in [2.45, 2.75) is 38.9 Å². The Labute approximate surface area is 173 Å². The van der Waals surface area contributed by atoms with Crippen LogP contribution in [0.2, 0.25) is 0 Å². The first kappa shape index (κ1) is 19.6. The van der Waals surface area contributed by atoms with E-state index in [1.54, 1.807) is 0 Å². The van der Waals surface area contributed by atoms with E-state index in [4.69, 9.17) is 4.99 Å². The number of likely N-dealkylation sites (tertiary alicyclic amines) is 1. The van der Waals surface area contributed by atoms with Crippen LogP contribution in [0.25, 0.3) is 0 Å². The highest BCUT2D eigenvalue weighted by Crippen LogP contribution is 2.20. The van der Waals surface area contributed by atoms with Gasteiger partial charge in [0.05, 0.1) is 6.04 Å². The van der Waals surface area contributed by atoms with E-state index < -0.39 is 0 Å². The Bertz CT molecular complexity index is 863. The summed E-state index contributed by atoms with van der Waals surface area (Å²) in [7, 11) is 1.99. The third-order valence-corrected chi connectivity index (χ3v) is 6.02. The number of rotatable bonds is 5. The Morgan fingerprint density at radius 2 is 1.97 bits per heavy atom. The van der Waals surface area contributed by atoms with Crippen LogP contribution in [0.15, 0.2) is 47.5 Å². The number of benzene rings is 1. The zero-order valence-electron chi connectivity index (χ0n) is 17.6. The Morgan fingerprint density at radius 1 is 1.21 bits per heavy atom. The van der Waals surface area contributed by atoms with Crippen LogP contribution < -0.4 is 5.32 Å². The minimum absolute atomic E-state index is 0.184. The summed E-state index contributed by atoms with van der Waals surface area (Å²) < 4.78 is 2.00. The lowest BCUT2D eigenvalue weighted by atomic mass is 10.1. The van der Waals surface area contributed by atoms with Crippen molar-refractivity contribution < 1.29 is 0 Å². The lowest BCUT2D eigenvalue weighted by molar-refractivity contribution is 0.259. The van der Waals surface area contributed by atoms with Gasteiger partial charge >= 0.3 is 0 Å². The Balaban J connectivity index is 1.50. The molecule has 7 nitrogen and oxygen atoms in total. The molecule has 0 saturated carbocycles. The number of hydrogen-bond donors (Lipinski definition) is 1. The molecule has 154 valence electrons. The molecule has 1 saturated heterocycles. The topological polar surface area (TPSA) is 61.6 Å². The van der Waals surface area contributed by atoms with Crippen LogP contribution in [-0.2, 0) is 13.6 Å². The summed E-state index contributed by atoms with van der Waals surface area (Å²) in [5, 5.41) is 12.1. The first-order chi connectivity index (χ1) is 14.1. The van der Waals surface area contributed by atoms with Crippen LogP contribution in [0.3, 0.4) is 0 Å². The molecule has 0 radical (unpaired) electrons. The van der Waals surface area contributed by atoms with Crippen LogP contribution in [0.1, 0.15) is 36.6 Å². The quantitative estimate of drug-likeness (QED) is 0.480. The van der Waals surface area contributed by atoms with E-state index in [9.17, 15) is 0 Å². The third kappa shape index (κ3) is 4.50. The van der Waals surface area contributed by atoms with Crippen molar-refractivity contribution in [3.8, 4) is 0 Å². The predicted octanol–water partition coefficient (Wildman–Crippen LogP) is 2.28. The molecule has 2 aliphatic heterocycles. The van der Waals surface area contributed by atoms with E-state index in [0.29, 0.717) is 12.6 Å². The second-order valence-electron chi connectivity index (χ2n) is 7.95. The zero-order chi connectivity index (χ0) is 20.2. The fourth-order valence-electron chi connectivity index (χ4n) is 4.01. The first-order valence-electron chi connectivity index (χ1n) is 10.5. The number of guanidine groups is 1. The van der Waals surface area contributed by atoms with Gasteiger partial charge in [0.15, 0.2) is 11.8 Å². The first-order valence-corrected chi connectivity index (χ1v) is 10.5. The molecule has 2 aromatic rings. The molecular formula is C22H31N7. The molecule has 1 aromatic heterocycles. The summed E-state index contributed by atoms with van der Waals surface area (Å²) in [5.74, 6) is 2.75. The molecule has 0 amide bonds. The standard InChI is InChI=1S/C22H31N7/c1-17(19-9-5-4-6-10-19)24-22(23-15-21-26-25-18(2)27(21)3)29-14-11-20(16-29)28-12-7-8-13-28/h4-10,17,20H,11-16H2,1-3H3,(H,23,24). The maximum atomic E-state index is 4.95. The second-order valence-corrected chi connectivity index (χ2v) is 7.95. The zero-order valence-corrected chi connectivity index (χ0v) is 17.6. The minimum atomic E-state index is 0.184. The summed E-state index contributed by atoms with van der Waals surface area (Å²) in [6, 6.07) is 11.3. The number of aryl methyl sites for hydroxylation is 1. The lowest BCUT2D eigenvalue weighted by Gasteiger charge is -2.27. The fraction of sp³-hybridized carbons (Fsp3) is 0.500. The molecule has 4 rings (SSSR count). The van der Waals surface area contributed by atoms with Crippen LogP contribution >= 0.6 is 0 Å². The van der Waals surface area contributed by atoms with Gasteiger partial charge in [-0.25, -0.2) is 4.99 Å². The maximum Gasteiger partial charge on any atom is 0.194 e. The highest BCUT2D eigenvalue weighted by Gasteiger charge is 2.30. The highest BCUT2D eigenvalue weighted by atomic mass is 15.4. The van der Waals surface area contributed by atoms with E-state index in [2.05, 4.69) is 74.7 Å². The molecule has 29 heavy (non-hydrogen) atoms. The normalized spacial score (nSPS) is 21.1. The van der Waals surface area contributed by atoms with Crippen molar-refractivity contribution in [2.75, 3.05) is 26.2 Å². The summed E-state index contributed by atoms with van der Waals surface area (Å²) in [6.45, 7) is 8.84. The van der Waals surface area contributed by atoms with Gasteiger partial charge in [-0.1, -0.05) is 42.5 Å². The van der Waals surface area contributed by atoms with Gasteiger partial charge in [-0.3, -0.25) is 4.90 Å². The van der Waals surface area contributed by atoms with Crippen molar-refractivity contribution in [3.05, 3.63) is 59.7 Å². The van der Waals surface area contributed by atoms with E-state index in [0.717, 1.165) is 43.8 Å². The predicted molar refractivity (Wildman–Crippen MR) is 116 cm³/mol. The molecule has 1 N–H and O–H groups in total. The Morgan fingerprint density at radius 3 is 2.66 bits per heavy atom. The molecule has 1 aromatic carbocycles. The summed E-state index contributed by atoms with van der Waals surface area (Å²) in [4.78, 5) is 9.89. The highest BCUT2D eigenvalue weighted by molar-refractivity contribution is 5.80. The molecule has 3 heterocycles. The van der Waals surface area contributed by atoms with Gasteiger partial charge in [0.25, 0.3) is 0 Å². The van der Waals surface area contributed by atoms with Gasteiger partial charge < -0.3 is 14.8 Å². The number of aromatic nitrogens is 3. The van der Waals surface area contributed by atoms with Crippen molar-refractivity contribution in [1.29, 1.82) is 0 Å². The van der Waals surface area contributed by atoms with Crippen molar-refractivity contribution in [1.82, 2.24) is 29.9 Å². The van der Waals surface area contributed by atoms with Crippen LogP contribution in [0.4, 0.5) is 0 Å². The maximum absolute atomic E-state index is 4.95. The molecule has 2 aliphatic rings. The molecule has 1 fully saturated rings. The third-order valence-electron chi connectivity index (χ3n) is 6.02. The summed E-state index contributed by atoms with van der Waals surface area (Å²) in [6.07, 6.45) is 5.71. The van der Waals surface area contributed by atoms with Crippen molar-refractivity contribution in [2.24, 2.45) is 12.0 Å². The van der Waals surface area contributed by atoms with E-state index >= 15 is 0 Å². The monoisotopic (exact) mass is 393 g/mol. The molecule has 2 atom stereocenters. The largest absolute Gasteiger partial charge is 0.350 e. The fourth-order valence-corrected chi connectivity index (χ4v) is 4.01. The van der Waals surface area contributed by atoms with Gasteiger partial charge in [-0.15, -0.1) is 10.2 Å². The molecule has 0 bridgehead atoms. The second kappa shape index (κ2) is 8.78. The summed E-state index contributed by atoms with van der Waals surface area (Å²) in [5.41, 5.74) is 1.26. The SMILES string of the molecule is Cc1nnc(CN=C(NC(C)c2ccccc2)N2CCC(N3CC=CC3)C2)n1C. The minimum Gasteiger partial charge on any atom is -0.350 e. The van der Waals surface area contributed by atoms with Gasteiger partial charge in [0, 0.05) is 39.3 Å². The molecule has 7 heteroatoms. The number of aliphatic imine (C=N–C) groups is 1. The van der Waals surface area contributed by atoms with E-state index in [-0.39, 0.29) is 6.04 Å². The van der Waals surface area contributed by atoms with Crippen molar-refractivity contribution in [3.63, 3.8) is 0 Å². The Hall–Kier alpha value is -2.67. The average Bonchev–Trinajstić information content (AvgIpc) is 3.49. The smallest absolute Gasteiger partial charge is 0.194 e. The van der Waals surface area contributed by atoms with Crippen LogP contribution in [0, 0.1) is 6.92 Å². The average molecular weight is 394 g/mol. The number of hydrogen-bond acceptors (Lipinski definition) is 4. The molecular weight excluding hydrogens is 362 g/mol. The van der Waals surface area contributed by atoms with Gasteiger partial charge in [-0.05, 0) is 25.8 Å². The van der Waals surface area contributed by atoms with Gasteiger partial charge in [0.2, 0.25) is 0 Å². The van der Waals surface area contributed by atoms with E-state index in [1.165, 1.54) is 12.0 Å². The Kier molecular flexibility index (Phi) is 5.94. The van der Waals surface area contributed by atoms with Crippen molar-refractivity contribution >= 4 is 5.96 Å². The van der Waals surface area contributed by atoms with Crippen LogP contribution in [0.5, 0.6) is 0 Å². The lowest BCUT2D eigenvalue weighted by Crippen LogP contribution is -2.43. The number of nitrogens with zero attached hydrogens (tertiary/aromatic N) is 6. The molecule has 0 spiro atoms. The van der Waals surface area contributed by atoms with Gasteiger partial charge in [0.1, 0.15) is 12.4 Å².